The van der Waals surface area contributed by atoms with E-state index in [2.05, 4.69) is 21.7 Å². The molecule has 144 valence electrons. The number of carbonyl (C=O) groups is 1. The first kappa shape index (κ1) is 18.2. The number of amides is 1. The largest absolute Gasteiger partial charge is 0.490 e. The average Bonchev–Trinajstić information content (AvgIpc) is 2.99. The molecule has 0 radical (unpaired) electrons. The van der Waals surface area contributed by atoms with E-state index in [0.29, 0.717) is 19.8 Å². The Morgan fingerprint density at radius 3 is 3.00 bits per heavy atom. The van der Waals surface area contributed by atoms with Crippen molar-refractivity contribution in [2.24, 2.45) is 5.92 Å². The van der Waals surface area contributed by atoms with E-state index in [4.69, 9.17) is 9.47 Å². The highest BCUT2D eigenvalue weighted by atomic mass is 16.5. The predicted molar refractivity (Wildman–Crippen MR) is 104 cm³/mol. The molecule has 6 nitrogen and oxygen atoms in total. The van der Waals surface area contributed by atoms with Crippen molar-refractivity contribution in [2.45, 2.75) is 37.8 Å². The zero-order chi connectivity index (χ0) is 18.5. The van der Waals surface area contributed by atoms with Crippen LogP contribution in [0.2, 0.25) is 0 Å². The molecule has 1 aliphatic heterocycles. The summed E-state index contributed by atoms with van der Waals surface area (Å²) in [6.45, 7) is 2.70. The van der Waals surface area contributed by atoms with Gasteiger partial charge in [-0.05, 0) is 49.9 Å². The number of benzene rings is 1. The van der Waals surface area contributed by atoms with Gasteiger partial charge in [-0.15, -0.1) is 0 Å². The van der Waals surface area contributed by atoms with Crippen molar-refractivity contribution in [3.8, 4) is 5.75 Å². The molecule has 2 fully saturated rings. The zero-order valence-electron chi connectivity index (χ0n) is 15.5. The Hall–Kier alpha value is -2.18. The Morgan fingerprint density at radius 1 is 1.22 bits per heavy atom. The van der Waals surface area contributed by atoms with Crippen LogP contribution in [0.3, 0.4) is 0 Å². The van der Waals surface area contributed by atoms with Crippen molar-refractivity contribution >= 4 is 16.8 Å². The SMILES string of the molecule is O=C(NC1CCC(Oc2ccc3ncccc3c2)CC1)C1CNCCOC1. The normalized spacial score (nSPS) is 26.3. The Labute approximate surface area is 159 Å². The maximum absolute atomic E-state index is 12.4. The quantitative estimate of drug-likeness (QED) is 0.865. The summed E-state index contributed by atoms with van der Waals surface area (Å²) in [5.74, 6) is 0.910. The minimum atomic E-state index is -0.0901. The highest BCUT2D eigenvalue weighted by Gasteiger charge is 2.27. The number of carbonyl (C=O) groups excluding carboxylic acids is 1. The predicted octanol–water partition coefficient (Wildman–Crippen LogP) is 2.28. The van der Waals surface area contributed by atoms with Gasteiger partial charge >= 0.3 is 0 Å². The zero-order valence-corrected chi connectivity index (χ0v) is 15.5. The van der Waals surface area contributed by atoms with E-state index in [1.807, 2.05) is 24.3 Å². The maximum Gasteiger partial charge on any atom is 0.226 e. The lowest BCUT2D eigenvalue weighted by Gasteiger charge is -2.30. The highest BCUT2D eigenvalue weighted by molar-refractivity contribution is 5.80. The van der Waals surface area contributed by atoms with Gasteiger partial charge in [-0.1, -0.05) is 6.07 Å². The van der Waals surface area contributed by atoms with Crippen LogP contribution in [0.4, 0.5) is 0 Å². The molecule has 2 N–H and O–H groups in total. The molecule has 2 aliphatic rings. The molecule has 2 heterocycles. The number of ether oxygens (including phenoxy) is 2. The second-order valence-corrected chi connectivity index (χ2v) is 7.43. The fourth-order valence-electron chi connectivity index (χ4n) is 3.84. The number of aromatic nitrogens is 1. The van der Waals surface area contributed by atoms with Crippen molar-refractivity contribution in [2.75, 3.05) is 26.3 Å². The van der Waals surface area contributed by atoms with Crippen molar-refractivity contribution < 1.29 is 14.3 Å². The minimum absolute atomic E-state index is 0.0901. The first-order chi connectivity index (χ1) is 13.3. The first-order valence-corrected chi connectivity index (χ1v) is 9.88. The summed E-state index contributed by atoms with van der Waals surface area (Å²) < 4.78 is 11.7. The molecule has 27 heavy (non-hydrogen) atoms. The Kier molecular flexibility index (Phi) is 5.84. The summed E-state index contributed by atoms with van der Waals surface area (Å²) in [4.78, 5) is 16.8. The number of pyridine rings is 1. The summed E-state index contributed by atoms with van der Waals surface area (Å²) in [6.07, 6.45) is 5.81. The van der Waals surface area contributed by atoms with Gasteiger partial charge < -0.3 is 20.1 Å². The molecular weight excluding hydrogens is 342 g/mol. The smallest absolute Gasteiger partial charge is 0.226 e. The van der Waals surface area contributed by atoms with Crippen LogP contribution < -0.4 is 15.4 Å². The number of nitrogens with zero attached hydrogens (tertiary/aromatic N) is 1. The maximum atomic E-state index is 12.4. The molecule has 2 aromatic rings. The van der Waals surface area contributed by atoms with Gasteiger partial charge in [-0.2, -0.15) is 0 Å². The van der Waals surface area contributed by atoms with Gasteiger partial charge in [0, 0.05) is 30.7 Å². The summed E-state index contributed by atoms with van der Waals surface area (Å²) in [6, 6.07) is 10.3. The standard InChI is InChI=1S/C21H27N3O3/c25-21(16-13-22-10-11-26-14-16)24-17-3-5-18(6-4-17)27-19-7-8-20-15(12-19)2-1-9-23-20/h1-2,7-9,12,16-18,22H,3-6,10-11,13-14H2,(H,24,25). The van der Waals surface area contributed by atoms with E-state index >= 15 is 0 Å². The third kappa shape index (κ3) is 4.76. The summed E-state index contributed by atoms with van der Waals surface area (Å²) in [7, 11) is 0. The molecule has 1 aromatic heterocycles. The van der Waals surface area contributed by atoms with Gasteiger partial charge in [0.05, 0.1) is 30.8 Å². The number of hydrogen-bond donors (Lipinski definition) is 2. The summed E-state index contributed by atoms with van der Waals surface area (Å²) in [5.41, 5.74) is 0.980. The number of rotatable bonds is 4. The molecular formula is C21H27N3O3. The van der Waals surface area contributed by atoms with Gasteiger partial charge in [-0.25, -0.2) is 0 Å². The van der Waals surface area contributed by atoms with Gasteiger partial charge in [0.2, 0.25) is 5.91 Å². The first-order valence-electron chi connectivity index (χ1n) is 9.88. The topological polar surface area (TPSA) is 72.5 Å². The lowest BCUT2D eigenvalue weighted by atomic mass is 9.92. The molecule has 0 bridgehead atoms. The van der Waals surface area contributed by atoms with Crippen molar-refractivity contribution in [1.29, 1.82) is 0 Å². The molecule has 1 saturated heterocycles. The molecule has 4 rings (SSSR count). The van der Waals surface area contributed by atoms with Crippen LogP contribution in [0, 0.1) is 5.92 Å². The second-order valence-electron chi connectivity index (χ2n) is 7.43. The second kappa shape index (κ2) is 8.67. The van der Waals surface area contributed by atoms with Crippen molar-refractivity contribution in [1.82, 2.24) is 15.6 Å². The molecule has 1 saturated carbocycles. The molecule has 1 amide bonds. The van der Waals surface area contributed by atoms with Crippen LogP contribution in [0.25, 0.3) is 10.9 Å². The van der Waals surface area contributed by atoms with Gasteiger partial charge in [0.15, 0.2) is 0 Å². The van der Waals surface area contributed by atoms with Crippen LogP contribution in [-0.4, -0.2) is 49.3 Å². The summed E-state index contributed by atoms with van der Waals surface area (Å²) in [5, 5.41) is 7.55. The van der Waals surface area contributed by atoms with E-state index in [0.717, 1.165) is 48.9 Å². The third-order valence-corrected chi connectivity index (χ3v) is 5.40. The van der Waals surface area contributed by atoms with E-state index < -0.39 is 0 Å². The number of nitrogens with one attached hydrogen (secondary N) is 2. The molecule has 6 heteroatoms. The van der Waals surface area contributed by atoms with E-state index in [1.165, 1.54) is 0 Å². The van der Waals surface area contributed by atoms with Crippen LogP contribution in [0.15, 0.2) is 36.5 Å². The lowest BCUT2D eigenvalue weighted by molar-refractivity contribution is -0.127. The molecule has 1 unspecified atom stereocenters. The van der Waals surface area contributed by atoms with E-state index in [-0.39, 0.29) is 24.0 Å². The molecule has 1 atom stereocenters. The van der Waals surface area contributed by atoms with Crippen molar-refractivity contribution in [3.05, 3.63) is 36.5 Å². The van der Waals surface area contributed by atoms with Gasteiger partial charge in [0.25, 0.3) is 0 Å². The average molecular weight is 369 g/mol. The van der Waals surface area contributed by atoms with E-state index in [9.17, 15) is 4.79 Å². The fourth-order valence-corrected chi connectivity index (χ4v) is 3.84. The molecule has 1 aliphatic carbocycles. The Balaban J connectivity index is 1.26. The Bertz CT molecular complexity index is 766. The van der Waals surface area contributed by atoms with Gasteiger partial charge in [0.1, 0.15) is 5.75 Å². The van der Waals surface area contributed by atoms with Crippen molar-refractivity contribution in [3.63, 3.8) is 0 Å². The van der Waals surface area contributed by atoms with Crippen LogP contribution in [0.5, 0.6) is 5.75 Å². The lowest BCUT2D eigenvalue weighted by Crippen LogP contribution is -2.45. The minimum Gasteiger partial charge on any atom is -0.490 e. The monoisotopic (exact) mass is 369 g/mol. The van der Waals surface area contributed by atoms with Crippen LogP contribution in [-0.2, 0) is 9.53 Å². The molecule has 1 aromatic carbocycles. The summed E-state index contributed by atoms with van der Waals surface area (Å²) >= 11 is 0. The molecule has 0 spiro atoms. The number of fused-ring (bicyclic) bond motifs is 1. The Morgan fingerprint density at radius 2 is 2.11 bits per heavy atom. The highest BCUT2D eigenvalue weighted by Crippen LogP contribution is 2.26. The third-order valence-electron chi connectivity index (χ3n) is 5.40. The van der Waals surface area contributed by atoms with Crippen LogP contribution >= 0.6 is 0 Å². The fraction of sp³-hybridized carbons (Fsp3) is 0.524. The van der Waals surface area contributed by atoms with Crippen LogP contribution in [0.1, 0.15) is 25.7 Å². The number of hydrogen-bond acceptors (Lipinski definition) is 5. The van der Waals surface area contributed by atoms with Gasteiger partial charge in [-0.3, -0.25) is 9.78 Å². The van der Waals surface area contributed by atoms with E-state index in [1.54, 1.807) is 6.20 Å².